The van der Waals surface area contributed by atoms with Crippen LogP contribution in [0.5, 0.6) is 5.75 Å². The second-order valence-electron chi connectivity index (χ2n) is 12.3. The van der Waals surface area contributed by atoms with E-state index >= 15 is 0 Å². The number of aromatic nitrogens is 1. The van der Waals surface area contributed by atoms with Gasteiger partial charge in [0.15, 0.2) is 0 Å². The van der Waals surface area contributed by atoms with Crippen molar-refractivity contribution in [1.29, 1.82) is 0 Å². The van der Waals surface area contributed by atoms with Crippen molar-refractivity contribution in [2.24, 2.45) is 7.05 Å². The summed E-state index contributed by atoms with van der Waals surface area (Å²) in [6.45, 7) is 3.64. The maximum absolute atomic E-state index is 12.4. The molecule has 0 radical (unpaired) electrons. The summed E-state index contributed by atoms with van der Waals surface area (Å²) in [4.78, 5) is 28.8. The first-order valence-corrected chi connectivity index (χ1v) is 16.6. The number of morpholine rings is 1. The van der Waals surface area contributed by atoms with Gasteiger partial charge in [0.1, 0.15) is 17.2 Å². The number of carbonyl (C=O) groups is 2. The number of anilines is 2. The van der Waals surface area contributed by atoms with Crippen molar-refractivity contribution in [3.05, 3.63) is 64.5 Å². The molecule has 10 heteroatoms. The molecule has 9 nitrogen and oxygen atoms in total. The number of nitrogens with zero attached hydrogens (tertiary/aromatic N) is 3. The molecule has 1 saturated carbocycles. The van der Waals surface area contributed by atoms with Gasteiger partial charge in [0.05, 0.1) is 35.7 Å². The van der Waals surface area contributed by atoms with E-state index in [2.05, 4.69) is 33.0 Å². The number of hydrogen-bond donors (Lipinski definition) is 2. The van der Waals surface area contributed by atoms with Crippen LogP contribution in [0.15, 0.2) is 48.5 Å². The minimum Gasteiger partial charge on any atom is -0.489 e. The number of aryl methyl sites for hydroxylation is 1. The predicted octanol–water partition coefficient (Wildman–Crippen LogP) is 6.57. The molecule has 1 saturated heterocycles. The number of aromatic carboxylic acids is 1. The van der Waals surface area contributed by atoms with Gasteiger partial charge in [0.2, 0.25) is 5.91 Å². The van der Waals surface area contributed by atoms with E-state index in [1.165, 1.54) is 41.9 Å². The van der Waals surface area contributed by atoms with E-state index in [0.717, 1.165) is 64.4 Å². The van der Waals surface area contributed by atoms with Crippen LogP contribution in [0.1, 0.15) is 58.8 Å². The van der Waals surface area contributed by atoms with E-state index in [0.29, 0.717) is 37.2 Å². The van der Waals surface area contributed by atoms with Crippen molar-refractivity contribution in [2.75, 3.05) is 57.2 Å². The number of thiophene rings is 1. The first kappa shape index (κ1) is 31.1. The predicted molar refractivity (Wildman–Crippen MR) is 180 cm³/mol. The summed E-state index contributed by atoms with van der Waals surface area (Å²) in [6, 6.07) is 16.1. The molecule has 0 bridgehead atoms. The van der Waals surface area contributed by atoms with Crippen LogP contribution in [0, 0.1) is 0 Å². The number of amides is 1. The average molecular weight is 631 g/mol. The molecule has 3 heterocycles. The van der Waals surface area contributed by atoms with Gasteiger partial charge in [-0.2, -0.15) is 0 Å². The topological polar surface area (TPSA) is 96.3 Å². The van der Waals surface area contributed by atoms with Gasteiger partial charge in [-0.15, -0.1) is 11.3 Å². The zero-order valence-corrected chi connectivity index (χ0v) is 27.1. The number of likely N-dealkylation sites (N-methyl/N-ethyl adjacent to an activating group) is 1. The van der Waals surface area contributed by atoms with E-state index in [9.17, 15) is 14.7 Å². The van der Waals surface area contributed by atoms with Crippen LogP contribution in [0.4, 0.5) is 11.4 Å². The van der Waals surface area contributed by atoms with Crippen molar-refractivity contribution < 1.29 is 24.2 Å². The van der Waals surface area contributed by atoms with Gasteiger partial charge in [0, 0.05) is 37.1 Å². The Hall–Kier alpha value is -3.86. The van der Waals surface area contributed by atoms with Crippen LogP contribution in [0.2, 0.25) is 0 Å². The van der Waals surface area contributed by atoms with Gasteiger partial charge in [0.25, 0.3) is 0 Å². The van der Waals surface area contributed by atoms with Gasteiger partial charge in [-0.25, -0.2) is 4.79 Å². The number of carboxylic acids is 1. The van der Waals surface area contributed by atoms with Crippen molar-refractivity contribution in [3.8, 4) is 17.0 Å². The maximum atomic E-state index is 12.4. The third kappa shape index (κ3) is 6.88. The summed E-state index contributed by atoms with van der Waals surface area (Å²) in [5, 5.41) is 12.7. The normalized spacial score (nSPS) is 16.0. The molecule has 45 heavy (non-hydrogen) atoms. The van der Waals surface area contributed by atoms with Crippen LogP contribution in [0.3, 0.4) is 0 Å². The molecule has 2 aromatic heterocycles. The van der Waals surface area contributed by atoms with E-state index in [4.69, 9.17) is 9.47 Å². The first-order valence-electron chi connectivity index (χ1n) is 15.8. The molecule has 6 rings (SSSR count). The molecule has 1 aliphatic heterocycles. The number of ether oxygens (including phenoxy) is 2. The Bertz CT molecular complexity index is 1660. The fraction of sp³-hybridized carbons (Fsp3) is 0.429. The van der Waals surface area contributed by atoms with Crippen LogP contribution in [-0.4, -0.2) is 73.4 Å². The Balaban J connectivity index is 1.26. The Morgan fingerprint density at radius 2 is 1.78 bits per heavy atom. The van der Waals surface area contributed by atoms with Crippen LogP contribution < -0.4 is 15.0 Å². The number of carboxylic acid groups (broad SMARTS) is 1. The average Bonchev–Trinajstić information content (AvgIpc) is 3.59. The van der Waals surface area contributed by atoms with Crippen molar-refractivity contribution in [1.82, 2.24) is 9.47 Å². The second kappa shape index (κ2) is 13.6. The fourth-order valence-corrected chi connectivity index (χ4v) is 7.86. The molecular weight excluding hydrogens is 588 g/mol. The van der Waals surface area contributed by atoms with E-state index in [1.807, 2.05) is 56.4 Å². The molecule has 0 spiro atoms. The third-order valence-electron chi connectivity index (χ3n) is 8.83. The van der Waals surface area contributed by atoms with Gasteiger partial charge in [-0.3, -0.25) is 4.79 Å². The highest BCUT2D eigenvalue weighted by atomic mass is 32.1. The van der Waals surface area contributed by atoms with E-state index < -0.39 is 5.97 Å². The lowest BCUT2D eigenvalue weighted by molar-refractivity contribution is -0.116. The zero-order chi connectivity index (χ0) is 31.5. The molecule has 0 unspecified atom stereocenters. The van der Waals surface area contributed by atoms with E-state index in [-0.39, 0.29) is 5.91 Å². The lowest BCUT2D eigenvalue weighted by Crippen LogP contribution is -2.37. The fourth-order valence-electron chi connectivity index (χ4n) is 6.71. The summed E-state index contributed by atoms with van der Waals surface area (Å²) in [5.41, 5.74) is 7.39. The number of rotatable bonds is 10. The summed E-state index contributed by atoms with van der Waals surface area (Å²) < 4.78 is 15.2. The first-order chi connectivity index (χ1) is 21.8. The Labute approximate surface area is 268 Å². The molecule has 2 aromatic carbocycles. The van der Waals surface area contributed by atoms with Gasteiger partial charge < -0.3 is 34.3 Å². The van der Waals surface area contributed by atoms with Crippen molar-refractivity contribution in [2.45, 2.75) is 44.6 Å². The highest BCUT2D eigenvalue weighted by Gasteiger charge is 2.28. The maximum Gasteiger partial charge on any atom is 0.345 e. The SMILES string of the molecule is CN(C)CC(=O)Nc1ccc(N2CCOCC2)c(COc2ccc(-c3c(C4CCCCC4)c4sc(C(=O)O)cc4n3C)cc2)c1. The molecule has 0 atom stereocenters. The van der Waals surface area contributed by atoms with Crippen molar-refractivity contribution >= 4 is 44.8 Å². The summed E-state index contributed by atoms with van der Waals surface area (Å²) in [7, 11) is 5.79. The Morgan fingerprint density at radius 1 is 1.04 bits per heavy atom. The Kier molecular flexibility index (Phi) is 9.44. The smallest absolute Gasteiger partial charge is 0.345 e. The number of carbonyl (C=O) groups excluding carboxylic acids is 1. The minimum absolute atomic E-state index is 0.0612. The van der Waals surface area contributed by atoms with Gasteiger partial charge >= 0.3 is 5.97 Å². The second-order valence-corrected chi connectivity index (χ2v) is 13.4. The van der Waals surface area contributed by atoms with Crippen molar-refractivity contribution in [3.63, 3.8) is 0 Å². The van der Waals surface area contributed by atoms with Gasteiger partial charge in [-0.05, 0) is 92.5 Å². The van der Waals surface area contributed by atoms with E-state index in [1.54, 1.807) is 0 Å². The number of nitrogens with one attached hydrogen (secondary N) is 1. The molecule has 2 fully saturated rings. The van der Waals surface area contributed by atoms with Crippen LogP contribution in [0.25, 0.3) is 21.5 Å². The highest BCUT2D eigenvalue weighted by Crippen LogP contribution is 2.46. The minimum atomic E-state index is -0.868. The molecular formula is C35H42N4O5S. The molecule has 2 aliphatic rings. The number of benzene rings is 2. The molecule has 4 aromatic rings. The summed E-state index contributed by atoms with van der Waals surface area (Å²) in [5.74, 6) is 0.260. The van der Waals surface area contributed by atoms with Crippen LogP contribution >= 0.6 is 11.3 Å². The molecule has 2 N–H and O–H groups in total. The third-order valence-corrected chi connectivity index (χ3v) is 9.98. The molecule has 1 aliphatic carbocycles. The van der Waals surface area contributed by atoms with Gasteiger partial charge in [-0.1, -0.05) is 19.3 Å². The monoisotopic (exact) mass is 630 g/mol. The standard InChI is InChI=1S/C35H42N4O5S/c1-37(2)21-31(40)36-26-11-14-28(39-15-17-43-18-16-39)25(19-26)22-44-27-12-9-24(10-13-27)33-32(23-7-5-4-6-8-23)34-29(38(33)3)20-30(45-34)35(41)42/h9-14,19-20,23H,4-8,15-18,21-22H2,1-3H3,(H,36,40)(H,41,42). The van der Waals surface area contributed by atoms with Crippen LogP contribution in [-0.2, 0) is 23.2 Å². The number of fused-ring (bicyclic) bond motifs is 1. The quantitative estimate of drug-likeness (QED) is 0.205. The summed E-state index contributed by atoms with van der Waals surface area (Å²) >= 11 is 1.40. The largest absolute Gasteiger partial charge is 0.489 e. The molecule has 1 amide bonds. The zero-order valence-electron chi connectivity index (χ0n) is 26.3. The number of hydrogen-bond acceptors (Lipinski definition) is 7. The Morgan fingerprint density at radius 3 is 2.47 bits per heavy atom. The lowest BCUT2D eigenvalue weighted by atomic mass is 9.83. The lowest BCUT2D eigenvalue weighted by Gasteiger charge is -2.31. The highest BCUT2D eigenvalue weighted by molar-refractivity contribution is 7.21. The summed E-state index contributed by atoms with van der Waals surface area (Å²) in [6.07, 6.45) is 5.94. The molecule has 238 valence electrons.